The number of nitriles is 1. The number of benzene rings is 2. The molecule has 1 atom stereocenters. The van der Waals surface area contributed by atoms with E-state index in [-0.39, 0.29) is 6.04 Å². The van der Waals surface area contributed by atoms with Crippen LogP contribution >= 0.6 is 0 Å². The molecule has 2 nitrogen and oxygen atoms in total. The molecular weight excluding hydrogens is 256 g/mol. The predicted octanol–water partition coefficient (Wildman–Crippen LogP) is 4.40. The summed E-state index contributed by atoms with van der Waals surface area (Å²) >= 11 is 0. The number of hydrogen-bond donors (Lipinski definition) is 0. The van der Waals surface area contributed by atoms with E-state index >= 15 is 0 Å². The van der Waals surface area contributed by atoms with Crippen molar-refractivity contribution in [1.82, 2.24) is 4.90 Å². The molecule has 1 saturated heterocycles. The third-order valence-corrected chi connectivity index (χ3v) is 4.21. The van der Waals surface area contributed by atoms with Crippen LogP contribution in [0.3, 0.4) is 0 Å². The Balaban J connectivity index is 1.81. The molecule has 3 rings (SSSR count). The Bertz CT molecular complexity index is 604. The minimum atomic E-state index is -0.102. The lowest BCUT2D eigenvalue weighted by Gasteiger charge is -2.30. The second-order valence-corrected chi connectivity index (χ2v) is 5.62. The van der Waals surface area contributed by atoms with Crippen molar-refractivity contribution in [3.63, 3.8) is 0 Å². The van der Waals surface area contributed by atoms with Gasteiger partial charge in [-0.2, -0.15) is 5.26 Å². The van der Waals surface area contributed by atoms with Crippen LogP contribution in [0.25, 0.3) is 11.1 Å². The topological polar surface area (TPSA) is 27.0 Å². The molecule has 0 spiro atoms. The first-order chi connectivity index (χ1) is 10.4. The molecule has 0 amide bonds. The third kappa shape index (κ3) is 3.15. The van der Waals surface area contributed by atoms with Crippen LogP contribution in [-0.4, -0.2) is 18.0 Å². The van der Waals surface area contributed by atoms with E-state index in [2.05, 4.69) is 59.5 Å². The highest BCUT2D eigenvalue weighted by molar-refractivity contribution is 5.63. The van der Waals surface area contributed by atoms with Crippen molar-refractivity contribution in [2.75, 3.05) is 13.1 Å². The van der Waals surface area contributed by atoms with Crippen LogP contribution in [0.15, 0.2) is 54.6 Å². The molecule has 1 heterocycles. The van der Waals surface area contributed by atoms with Gasteiger partial charge in [0.15, 0.2) is 0 Å². The van der Waals surface area contributed by atoms with Gasteiger partial charge in [0.2, 0.25) is 0 Å². The zero-order valence-corrected chi connectivity index (χ0v) is 12.2. The summed E-state index contributed by atoms with van der Waals surface area (Å²) < 4.78 is 0. The van der Waals surface area contributed by atoms with E-state index in [9.17, 15) is 5.26 Å². The molecule has 0 N–H and O–H groups in total. The van der Waals surface area contributed by atoms with E-state index in [1.54, 1.807) is 0 Å². The number of hydrogen-bond acceptors (Lipinski definition) is 2. The Morgan fingerprint density at radius 3 is 2.05 bits per heavy atom. The Morgan fingerprint density at radius 1 is 0.810 bits per heavy atom. The van der Waals surface area contributed by atoms with Gasteiger partial charge in [-0.3, -0.25) is 4.90 Å². The summed E-state index contributed by atoms with van der Waals surface area (Å²) in [5.41, 5.74) is 3.53. The first-order valence-electron chi connectivity index (χ1n) is 7.67. The minimum Gasteiger partial charge on any atom is -0.284 e. The van der Waals surface area contributed by atoms with Crippen LogP contribution in [0.5, 0.6) is 0 Å². The minimum absolute atomic E-state index is 0.102. The molecule has 2 heteroatoms. The largest absolute Gasteiger partial charge is 0.284 e. The van der Waals surface area contributed by atoms with Crippen molar-refractivity contribution in [1.29, 1.82) is 5.26 Å². The average Bonchev–Trinajstić information content (AvgIpc) is 2.58. The second-order valence-electron chi connectivity index (χ2n) is 5.62. The fraction of sp³-hybridized carbons (Fsp3) is 0.316. The molecule has 1 unspecified atom stereocenters. The highest BCUT2D eigenvalue weighted by Crippen LogP contribution is 2.26. The third-order valence-electron chi connectivity index (χ3n) is 4.21. The van der Waals surface area contributed by atoms with Gasteiger partial charge in [-0.1, -0.05) is 61.0 Å². The second kappa shape index (κ2) is 6.56. The van der Waals surface area contributed by atoms with Gasteiger partial charge in [-0.25, -0.2) is 0 Å². The number of rotatable bonds is 3. The normalized spacial score (nSPS) is 17.1. The summed E-state index contributed by atoms with van der Waals surface area (Å²) in [6, 6.07) is 21.2. The summed E-state index contributed by atoms with van der Waals surface area (Å²) in [5, 5.41) is 9.53. The van der Waals surface area contributed by atoms with Gasteiger partial charge in [0, 0.05) is 0 Å². The van der Waals surface area contributed by atoms with Crippen molar-refractivity contribution in [2.45, 2.75) is 25.3 Å². The predicted molar refractivity (Wildman–Crippen MR) is 85.7 cm³/mol. The Hall–Kier alpha value is -2.11. The van der Waals surface area contributed by atoms with Crippen LogP contribution in [-0.2, 0) is 0 Å². The molecule has 1 fully saturated rings. The van der Waals surface area contributed by atoms with Crippen molar-refractivity contribution in [3.8, 4) is 17.2 Å². The van der Waals surface area contributed by atoms with Crippen molar-refractivity contribution in [2.24, 2.45) is 0 Å². The lowest BCUT2D eigenvalue weighted by Crippen LogP contribution is -2.33. The van der Waals surface area contributed by atoms with E-state index in [0.717, 1.165) is 18.7 Å². The van der Waals surface area contributed by atoms with Gasteiger partial charge in [-0.05, 0) is 42.6 Å². The fourth-order valence-electron chi connectivity index (χ4n) is 3.03. The van der Waals surface area contributed by atoms with Crippen LogP contribution in [0.2, 0.25) is 0 Å². The highest BCUT2D eigenvalue weighted by Gasteiger charge is 2.21. The quantitative estimate of drug-likeness (QED) is 0.830. The lowest BCUT2D eigenvalue weighted by atomic mass is 9.99. The maximum absolute atomic E-state index is 9.53. The van der Waals surface area contributed by atoms with Crippen molar-refractivity contribution < 1.29 is 0 Å². The van der Waals surface area contributed by atoms with Gasteiger partial charge >= 0.3 is 0 Å². The zero-order chi connectivity index (χ0) is 14.5. The summed E-state index contributed by atoms with van der Waals surface area (Å²) in [5.74, 6) is 0. The van der Waals surface area contributed by atoms with E-state index in [4.69, 9.17) is 0 Å². The SMILES string of the molecule is N#CC(c1ccc(-c2ccccc2)cc1)N1CCCCC1. The molecular formula is C19H20N2. The van der Waals surface area contributed by atoms with Crippen LogP contribution in [0, 0.1) is 11.3 Å². The molecule has 0 aliphatic carbocycles. The summed E-state index contributed by atoms with van der Waals surface area (Å²) in [6.45, 7) is 2.08. The van der Waals surface area contributed by atoms with Crippen LogP contribution in [0.4, 0.5) is 0 Å². The Morgan fingerprint density at radius 2 is 1.43 bits per heavy atom. The number of nitrogens with zero attached hydrogens (tertiary/aromatic N) is 2. The maximum Gasteiger partial charge on any atom is 0.123 e. The Kier molecular flexibility index (Phi) is 4.33. The summed E-state index contributed by atoms with van der Waals surface area (Å²) in [4.78, 5) is 2.31. The van der Waals surface area contributed by atoms with Gasteiger partial charge in [-0.15, -0.1) is 0 Å². The summed E-state index contributed by atoms with van der Waals surface area (Å²) in [7, 11) is 0. The van der Waals surface area contributed by atoms with E-state index in [1.165, 1.54) is 30.4 Å². The average molecular weight is 276 g/mol. The zero-order valence-electron chi connectivity index (χ0n) is 12.2. The first-order valence-corrected chi connectivity index (χ1v) is 7.67. The Labute approximate surface area is 126 Å². The summed E-state index contributed by atoms with van der Waals surface area (Å²) in [6.07, 6.45) is 3.71. The molecule has 21 heavy (non-hydrogen) atoms. The van der Waals surface area contributed by atoms with Gasteiger partial charge in [0.05, 0.1) is 6.07 Å². The van der Waals surface area contributed by atoms with E-state index in [1.807, 2.05) is 6.07 Å². The van der Waals surface area contributed by atoms with Gasteiger partial charge in [0.1, 0.15) is 6.04 Å². The van der Waals surface area contributed by atoms with Crippen molar-refractivity contribution >= 4 is 0 Å². The standard InChI is InChI=1S/C19H20N2/c20-15-19(21-13-5-2-6-14-21)18-11-9-17(10-12-18)16-7-3-1-4-8-16/h1,3-4,7-12,19H,2,5-6,13-14H2. The van der Waals surface area contributed by atoms with Gasteiger partial charge in [0.25, 0.3) is 0 Å². The molecule has 1 aliphatic rings. The smallest absolute Gasteiger partial charge is 0.123 e. The highest BCUT2D eigenvalue weighted by atomic mass is 15.2. The van der Waals surface area contributed by atoms with E-state index < -0.39 is 0 Å². The molecule has 1 aliphatic heterocycles. The molecule has 2 aromatic rings. The first kappa shape index (κ1) is 13.9. The lowest BCUT2D eigenvalue weighted by molar-refractivity contribution is 0.196. The molecule has 0 aromatic heterocycles. The van der Waals surface area contributed by atoms with Crippen LogP contribution < -0.4 is 0 Å². The molecule has 0 saturated carbocycles. The number of piperidine rings is 1. The number of likely N-dealkylation sites (tertiary alicyclic amines) is 1. The monoisotopic (exact) mass is 276 g/mol. The molecule has 106 valence electrons. The molecule has 0 bridgehead atoms. The van der Waals surface area contributed by atoms with Crippen molar-refractivity contribution in [3.05, 3.63) is 60.2 Å². The molecule has 0 radical (unpaired) electrons. The van der Waals surface area contributed by atoms with Crippen LogP contribution in [0.1, 0.15) is 30.9 Å². The fourth-order valence-corrected chi connectivity index (χ4v) is 3.03. The maximum atomic E-state index is 9.53. The molecule has 2 aromatic carbocycles. The van der Waals surface area contributed by atoms with E-state index in [0.29, 0.717) is 0 Å². The van der Waals surface area contributed by atoms with Gasteiger partial charge < -0.3 is 0 Å².